The SMILES string of the molecule is CC1=NC2(CCN(C(=O)OC(C)(C)C)CC2)C(=O)N1.Cc1cccc(N)c1.Cc1cccc(NC2=NC3(CCN(C(=O)OC(C)(C)C)CC3)C(=O)N2)c1. The van der Waals surface area contributed by atoms with Crippen LogP contribution in [0.3, 0.4) is 0 Å². The molecule has 14 heteroatoms. The van der Waals surface area contributed by atoms with E-state index in [4.69, 9.17) is 15.2 Å². The van der Waals surface area contributed by atoms with Crippen molar-refractivity contribution in [3.63, 3.8) is 0 Å². The van der Waals surface area contributed by atoms with E-state index in [0.29, 0.717) is 63.7 Å². The van der Waals surface area contributed by atoms with Gasteiger partial charge in [0.15, 0.2) is 0 Å². The molecule has 2 aromatic carbocycles. The van der Waals surface area contributed by atoms with Crippen molar-refractivity contribution >= 4 is 47.2 Å². The van der Waals surface area contributed by atoms with Crippen LogP contribution in [0.25, 0.3) is 0 Å². The lowest BCUT2D eigenvalue weighted by molar-refractivity contribution is -0.126. The number of nitrogens with zero attached hydrogens (tertiary/aromatic N) is 4. The number of ether oxygens (including phenoxy) is 2. The predicted molar refractivity (Wildman–Crippen MR) is 207 cm³/mol. The largest absolute Gasteiger partial charge is 0.444 e. The topological polar surface area (TPSA) is 180 Å². The van der Waals surface area contributed by atoms with E-state index in [1.54, 1.807) is 16.7 Å². The van der Waals surface area contributed by atoms with Crippen molar-refractivity contribution in [1.82, 2.24) is 20.4 Å². The highest BCUT2D eigenvalue weighted by atomic mass is 16.6. The Morgan fingerprint density at radius 1 is 0.717 bits per heavy atom. The number of nitrogens with two attached hydrogens (primary N) is 1. The molecule has 0 aliphatic carbocycles. The molecule has 0 unspecified atom stereocenters. The number of aliphatic imine (C=N–C) groups is 2. The number of hydrogen-bond donors (Lipinski definition) is 4. The monoisotopic (exact) mass is 732 g/mol. The Labute approximate surface area is 313 Å². The Morgan fingerprint density at radius 2 is 1.17 bits per heavy atom. The molecule has 53 heavy (non-hydrogen) atoms. The molecule has 288 valence electrons. The van der Waals surface area contributed by atoms with Crippen LogP contribution in [0.1, 0.15) is 85.3 Å². The van der Waals surface area contributed by atoms with E-state index in [-0.39, 0.29) is 24.0 Å². The number of carbonyl (C=O) groups is 4. The summed E-state index contributed by atoms with van der Waals surface area (Å²) in [6.45, 7) is 18.8. The number of aryl methyl sites for hydroxylation is 2. The van der Waals surface area contributed by atoms with Crippen LogP contribution in [0, 0.1) is 13.8 Å². The number of amidine groups is 1. The maximum Gasteiger partial charge on any atom is 0.410 e. The zero-order valence-corrected chi connectivity index (χ0v) is 32.6. The number of hydrogen-bond acceptors (Lipinski definition) is 10. The highest BCUT2D eigenvalue weighted by molar-refractivity contribution is 6.12. The van der Waals surface area contributed by atoms with Gasteiger partial charge in [0.2, 0.25) is 5.96 Å². The summed E-state index contributed by atoms with van der Waals surface area (Å²) in [4.78, 5) is 60.9. The molecule has 4 aliphatic heterocycles. The maximum absolute atomic E-state index is 12.5. The fraction of sp³-hybridized carbons (Fsp3) is 0.538. The molecule has 0 atom stereocenters. The second-order valence-corrected chi connectivity index (χ2v) is 16.0. The summed E-state index contributed by atoms with van der Waals surface area (Å²) in [5.74, 6) is 0.965. The summed E-state index contributed by atoms with van der Waals surface area (Å²) in [7, 11) is 0. The number of nitrogen functional groups attached to an aromatic ring is 1. The van der Waals surface area contributed by atoms with Crippen molar-refractivity contribution < 1.29 is 28.7 Å². The lowest BCUT2D eigenvalue weighted by Gasteiger charge is -2.36. The van der Waals surface area contributed by atoms with Crippen molar-refractivity contribution in [3.8, 4) is 0 Å². The second kappa shape index (κ2) is 16.3. The van der Waals surface area contributed by atoms with Gasteiger partial charge in [-0.25, -0.2) is 14.6 Å². The Hall–Kier alpha value is -5.14. The van der Waals surface area contributed by atoms with Gasteiger partial charge in [-0.1, -0.05) is 24.3 Å². The summed E-state index contributed by atoms with van der Waals surface area (Å²) >= 11 is 0. The van der Waals surface area contributed by atoms with Crippen LogP contribution in [0.15, 0.2) is 58.5 Å². The van der Waals surface area contributed by atoms with E-state index in [1.807, 2.05) is 104 Å². The number of rotatable bonds is 1. The van der Waals surface area contributed by atoms with Gasteiger partial charge in [-0.15, -0.1) is 0 Å². The van der Waals surface area contributed by atoms with Gasteiger partial charge in [0.1, 0.15) is 28.1 Å². The van der Waals surface area contributed by atoms with E-state index in [9.17, 15) is 19.2 Å². The fourth-order valence-corrected chi connectivity index (χ4v) is 6.23. The fourth-order valence-electron chi connectivity index (χ4n) is 6.23. The highest BCUT2D eigenvalue weighted by Crippen LogP contribution is 2.32. The molecule has 6 rings (SSSR count). The molecule has 2 fully saturated rings. The third kappa shape index (κ3) is 11.4. The van der Waals surface area contributed by atoms with Crippen LogP contribution < -0.4 is 21.7 Å². The first-order valence-corrected chi connectivity index (χ1v) is 18.1. The summed E-state index contributed by atoms with van der Waals surface area (Å²) in [5, 5.41) is 8.73. The first-order valence-electron chi connectivity index (χ1n) is 18.1. The van der Waals surface area contributed by atoms with Gasteiger partial charge in [0, 0.05) is 37.6 Å². The van der Waals surface area contributed by atoms with E-state index in [2.05, 4.69) is 25.9 Å². The van der Waals surface area contributed by atoms with Crippen LogP contribution in [-0.2, 0) is 19.1 Å². The van der Waals surface area contributed by atoms with Gasteiger partial charge in [0.25, 0.3) is 11.8 Å². The zero-order chi connectivity index (χ0) is 39.2. The molecular weight excluding hydrogens is 676 g/mol. The van der Waals surface area contributed by atoms with Gasteiger partial charge in [-0.05, 0) is 123 Å². The minimum Gasteiger partial charge on any atom is -0.444 e. The third-order valence-corrected chi connectivity index (χ3v) is 8.89. The first-order chi connectivity index (χ1) is 24.7. The lowest BCUT2D eigenvalue weighted by atomic mass is 9.88. The Kier molecular flexibility index (Phi) is 12.5. The summed E-state index contributed by atoms with van der Waals surface area (Å²) in [5.41, 5.74) is 7.03. The van der Waals surface area contributed by atoms with Gasteiger partial charge >= 0.3 is 12.2 Å². The van der Waals surface area contributed by atoms with Crippen molar-refractivity contribution in [2.75, 3.05) is 37.2 Å². The van der Waals surface area contributed by atoms with Crippen LogP contribution in [0.4, 0.5) is 21.0 Å². The number of benzene rings is 2. The summed E-state index contributed by atoms with van der Waals surface area (Å²) in [6.07, 6.45) is 1.41. The third-order valence-electron chi connectivity index (χ3n) is 8.89. The average molecular weight is 733 g/mol. The Balaban J connectivity index is 0.000000202. The number of piperidine rings is 2. The van der Waals surface area contributed by atoms with E-state index >= 15 is 0 Å². The standard InChI is InChI=1S/C19H26N4O3.C13H21N3O3.C7H9N/c1-13-6-5-7-14(12-13)20-16-21-15(24)19(22-16)8-10-23(11-9-19)17(25)26-18(2,3)4;1-9-14-10(17)13(15-9)5-7-16(8-6-13)11(18)19-12(2,3)4;1-6-3-2-4-7(8)5-6/h5-7,12H,8-11H2,1-4H3,(H2,20,21,22,24);5-8H2,1-4H3,(H,14,15,17);2-5H,8H2,1H3. The van der Waals surface area contributed by atoms with Gasteiger partial charge < -0.3 is 35.6 Å². The van der Waals surface area contributed by atoms with E-state index in [1.165, 1.54) is 5.56 Å². The number of guanidine groups is 1. The predicted octanol–water partition coefficient (Wildman–Crippen LogP) is 5.54. The molecule has 5 N–H and O–H groups in total. The number of likely N-dealkylation sites (tertiary alicyclic amines) is 2. The van der Waals surface area contributed by atoms with Crippen molar-refractivity contribution in [2.24, 2.45) is 9.98 Å². The van der Waals surface area contributed by atoms with Gasteiger partial charge in [0.05, 0.1) is 0 Å². The molecule has 0 bridgehead atoms. The minimum absolute atomic E-state index is 0.0474. The molecule has 14 nitrogen and oxygen atoms in total. The molecular formula is C39H56N8O6. The number of nitrogens with one attached hydrogen (secondary N) is 3. The molecule has 4 heterocycles. The van der Waals surface area contributed by atoms with Crippen molar-refractivity contribution in [3.05, 3.63) is 59.7 Å². The summed E-state index contributed by atoms with van der Waals surface area (Å²) < 4.78 is 10.7. The zero-order valence-electron chi connectivity index (χ0n) is 32.6. The average Bonchev–Trinajstić information content (AvgIpc) is 3.48. The van der Waals surface area contributed by atoms with Crippen LogP contribution >= 0.6 is 0 Å². The van der Waals surface area contributed by atoms with Crippen LogP contribution in [-0.4, -0.2) is 94.1 Å². The summed E-state index contributed by atoms with van der Waals surface area (Å²) in [6, 6.07) is 15.7. The number of anilines is 2. The van der Waals surface area contributed by atoms with E-state index in [0.717, 1.165) is 16.9 Å². The van der Waals surface area contributed by atoms with Gasteiger partial charge in [-0.3, -0.25) is 19.9 Å². The lowest BCUT2D eigenvalue weighted by Crippen LogP contribution is -2.51. The normalized spacial score (nSPS) is 18.7. The quantitative estimate of drug-likeness (QED) is 0.276. The Bertz CT molecular complexity index is 1710. The minimum atomic E-state index is -0.801. The molecule has 2 aromatic rings. The molecule has 2 spiro atoms. The maximum atomic E-state index is 12.5. The van der Waals surface area contributed by atoms with Crippen molar-refractivity contribution in [1.29, 1.82) is 0 Å². The second-order valence-electron chi connectivity index (χ2n) is 16.0. The number of carbonyl (C=O) groups excluding carboxylic acids is 4. The molecule has 2 saturated heterocycles. The van der Waals surface area contributed by atoms with E-state index < -0.39 is 22.3 Å². The molecule has 0 saturated carbocycles. The molecule has 0 aromatic heterocycles. The first kappa shape index (κ1) is 40.6. The molecule has 4 aliphatic rings. The smallest absolute Gasteiger partial charge is 0.410 e. The van der Waals surface area contributed by atoms with Crippen LogP contribution in [0.2, 0.25) is 0 Å². The highest BCUT2D eigenvalue weighted by Gasteiger charge is 2.47. The van der Waals surface area contributed by atoms with Crippen LogP contribution in [0.5, 0.6) is 0 Å². The number of amides is 4. The molecule has 4 amide bonds. The Morgan fingerprint density at radius 3 is 1.57 bits per heavy atom. The van der Waals surface area contributed by atoms with Crippen molar-refractivity contribution in [2.45, 2.75) is 110 Å². The molecule has 0 radical (unpaired) electrons. The van der Waals surface area contributed by atoms with Gasteiger partial charge in [-0.2, -0.15) is 0 Å².